The average Bonchev–Trinajstić information content (AvgIpc) is 2.66. The van der Waals surface area contributed by atoms with Gasteiger partial charge < -0.3 is 9.80 Å². The summed E-state index contributed by atoms with van der Waals surface area (Å²) in [5, 5.41) is 11.4. The SMILES string of the molecule is CS(=O)(=O)c1ccc(N2CCN(c3cccc(C(F)(F)F)c3)CC2)c([N+](=O)[O-])c1. The van der Waals surface area contributed by atoms with Gasteiger partial charge in [0.1, 0.15) is 5.69 Å². The van der Waals surface area contributed by atoms with E-state index in [-0.39, 0.29) is 16.3 Å². The summed E-state index contributed by atoms with van der Waals surface area (Å²) >= 11 is 0. The molecule has 0 unspecified atom stereocenters. The maximum atomic E-state index is 12.9. The molecule has 0 radical (unpaired) electrons. The molecule has 156 valence electrons. The summed E-state index contributed by atoms with van der Waals surface area (Å²) in [7, 11) is -3.59. The van der Waals surface area contributed by atoms with Gasteiger partial charge in [-0.15, -0.1) is 0 Å². The maximum absolute atomic E-state index is 12.9. The van der Waals surface area contributed by atoms with Crippen molar-refractivity contribution in [3.05, 3.63) is 58.1 Å². The van der Waals surface area contributed by atoms with Crippen LogP contribution in [-0.4, -0.2) is 45.8 Å². The lowest BCUT2D eigenvalue weighted by Gasteiger charge is -2.37. The third kappa shape index (κ3) is 4.61. The van der Waals surface area contributed by atoms with Gasteiger partial charge in [0.2, 0.25) is 0 Å². The monoisotopic (exact) mass is 429 g/mol. The standard InChI is InChI=1S/C18H18F3N3O4S/c1-29(27,28)15-5-6-16(17(12-15)24(25)26)23-9-7-22(8-10-23)14-4-2-3-13(11-14)18(19,20)21/h2-6,11-12H,7-10H2,1H3. The number of nitro groups is 1. The van der Waals surface area contributed by atoms with E-state index >= 15 is 0 Å². The Kier molecular flexibility index (Phi) is 5.44. The van der Waals surface area contributed by atoms with Crippen molar-refractivity contribution in [1.29, 1.82) is 0 Å². The number of hydrogen-bond acceptors (Lipinski definition) is 6. The Hall–Kier alpha value is -2.82. The van der Waals surface area contributed by atoms with Gasteiger partial charge >= 0.3 is 6.18 Å². The number of alkyl halides is 3. The normalized spacial score (nSPS) is 15.4. The molecule has 11 heteroatoms. The molecule has 1 aliphatic rings. The average molecular weight is 429 g/mol. The van der Waals surface area contributed by atoms with Crippen molar-refractivity contribution < 1.29 is 26.5 Å². The van der Waals surface area contributed by atoms with E-state index in [9.17, 15) is 31.7 Å². The minimum atomic E-state index is -4.43. The number of hydrogen-bond donors (Lipinski definition) is 0. The molecule has 0 bridgehead atoms. The minimum Gasteiger partial charge on any atom is -0.368 e. The van der Waals surface area contributed by atoms with Crippen molar-refractivity contribution in [2.75, 3.05) is 42.2 Å². The smallest absolute Gasteiger partial charge is 0.368 e. The lowest BCUT2D eigenvalue weighted by molar-refractivity contribution is -0.384. The highest BCUT2D eigenvalue weighted by Crippen LogP contribution is 2.34. The summed E-state index contributed by atoms with van der Waals surface area (Å²) in [5.74, 6) is 0. The van der Waals surface area contributed by atoms with Gasteiger partial charge in [-0.2, -0.15) is 13.2 Å². The first kappa shape index (κ1) is 20.9. The molecule has 1 aliphatic heterocycles. The molecule has 0 spiro atoms. The molecule has 0 aromatic heterocycles. The fraction of sp³-hybridized carbons (Fsp3) is 0.333. The molecule has 1 heterocycles. The van der Waals surface area contributed by atoms with Crippen LogP contribution in [0.2, 0.25) is 0 Å². The summed E-state index contributed by atoms with van der Waals surface area (Å²) in [6.07, 6.45) is -3.46. The molecule has 0 N–H and O–H groups in total. The first-order valence-corrected chi connectivity index (χ1v) is 10.5. The van der Waals surface area contributed by atoms with E-state index in [0.717, 1.165) is 24.5 Å². The van der Waals surface area contributed by atoms with E-state index < -0.39 is 26.5 Å². The van der Waals surface area contributed by atoms with Crippen molar-refractivity contribution in [3.63, 3.8) is 0 Å². The number of rotatable bonds is 4. The molecule has 7 nitrogen and oxygen atoms in total. The largest absolute Gasteiger partial charge is 0.416 e. The van der Waals surface area contributed by atoms with Crippen LogP contribution in [0.25, 0.3) is 0 Å². The molecule has 0 aliphatic carbocycles. The molecule has 1 saturated heterocycles. The second-order valence-corrected chi connectivity index (χ2v) is 8.72. The van der Waals surface area contributed by atoms with Crippen LogP contribution in [0.3, 0.4) is 0 Å². The van der Waals surface area contributed by atoms with Crippen molar-refractivity contribution in [2.45, 2.75) is 11.1 Å². The predicted octanol–water partition coefficient (Wildman–Crippen LogP) is 3.34. The third-order valence-electron chi connectivity index (χ3n) is 4.73. The van der Waals surface area contributed by atoms with Crippen LogP contribution >= 0.6 is 0 Å². The Balaban J connectivity index is 1.80. The van der Waals surface area contributed by atoms with E-state index in [1.807, 2.05) is 0 Å². The van der Waals surface area contributed by atoms with E-state index in [2.05, 4.69) is 0 Å². The van der Waals surface area contributed by atoms with E-state index in [4.69, 9.17) is 0 Å². The van der Waals surface area contributed by atoms with Crippen LogP contribution in [0.15, 0.2) is 47.4 Å². The first-order chi connectivity index (χ1) is 13.5. The molecule has 1 fully saturated rings. The summed E-state index contributed by atoms with van der Waals surface area (Å²) in [6.45, 7) is 1.42. The van der Waals surface area contributed by atoms with Gasteiger partial charge in [0.05, 0.1) is 15.4 Å². The fourth-order valence-corrected chi connectivity index (χ4v) is 3.87. The van der Waals surface area contributed by atoms with Gasteiger partial charge in [0.25, 0.3) is 5.69 Å². The Bertz CT molecular complexity index is 1030. The molecular weight excluding hydrogens is 411 g/mol. The van der Waals surface area contributed by atoms with Crippen LogP contribution in [0.4, 0.5) is 30.2 Å². The quantitative estimate of drug-likeness (QED) is 0.548. The van der Waals surface area contributed by atoms with Crippen molar-refractivity contribution in [3.8, 4) is 0 Å². The second kappa shape index (κ2) is 7.54. The Labute approximate surface area is 165 Å². The highest BCUT2D eigenvalue weighted by molar-refractivity contribution is 7.90. The maximum Gasteiger partial charge on any atom is 0.416 e. The van der Waals surface area contributed by atoms with Crippen LogP contribution in [0, 0.1) is 10.1 Å². The lowest BCUT2D eigenvalue weighted by atomic mass is 10.1. The van der Waals surface area contributed by atoms with Gasteiger partial charge in [0, 0.05) is 44.2 Å². The lowest BCUT2D eigenvalue weighted by Crippen LogP contribution is -2.46. The topological polar surface area (TPSA) is 83.8 Å². The summed E-state index contributed by atoms with van der Waals surface area (Å²) in [4.78, 5) is 14.2. The molecule has 2 aromatic carbocycles. The number of benzene rings is 2. The molecule has 0 atom stereocenters. The van der Waals surface area contributed by atoms with Gasteiger partial charge in [-0.25, -0.2) is 8.42 Å². The number of nitrogens with zero attached hydrogens (tertiary/aromatic N) is 3. The van der Waals surface area contributed by atoms with Gasteiger partial charge in [-0.05, 0) is 30.3 Å². The van der Waals surface area contributed by atoms with Crippen molar-refractivity contribution >= 4 is 26.9 Å². The van der Waals surface area contributed by atoms with Crippen LogP contribution in [-0.2, 0) is 16.0 Å². The number of sulfone groups is 1. The molecular formula is C18H18F3N3O4S. The van der Waals surface area contributed by atoms with Crippen LogP contribution < -0.4 is 9.80 Å². The zero-order valence-electron chi connectivity index (χ0n) is 15.4. The van der Waals surface area contributed by atoms with Crippen LogP contribution in [0.5, 0.6) is 0 Å². The van der Waals surface area contributed by atoms with Gasteiger partial charge in [0.15, 0.2) is 9.84 Å². The highest BCUT2D eigenvalue weighted by atomic mass is 32.2. The van der Waals surface area contributed by atoms with Crippen molar-refractivity contribution in [2.24, 2.45) is 0 Å². The zero-order chi connectivity index (χ0) is 21.4. The molecule has 0 saturated carbocycles. The van der Waals surface area contributed by atoms with Crippen LogP contribution in [0.1, 0.15) is 5.56 Å². The molecule has 3 rings (SSSR count). The summed E-state index contributed by atoms with van der Waals surface area (Å²) in [5.41, 5.74) is -0.336. The number of piperazine rings is 1. The summed E-state index contributed by atoms with van der Waals surface area (Å²) in [6, 6.07) is 8.77. The Morgan fingerprint density at radius 3 is 2.17 bits per heavy atom. The molecule has 2 aromatic rings. The fourth-order valence-electron chi connectivity index (χ4n) is 3.23. The van der Waals surface area contributed by atoms with E-state index in [0.29, 0.717) is 31.9 Å². The number of nitro benzene ring substituents is 1. The predicted molar refractivity (Wildman–Crippen MR) is 102 cm³/mol. The molecule has 0 amide bonds. The summed E-state index contributed by atoms with van der Waals surface area (Å²) < 4.78 is 62.1. The Morgan fingerprint density at radius 1 is 1.00 bits per heavy atom. The zero-order valence-corrected chi connectivity index (χ0v) is 16.2. The van der Waals surface area contributed by atoms with E-state index in [1.54, 1.807) is 15.9 Å². The third-order valence-corrected chi connectivity index (χ3v) is 5.84. The number of halogens is 3. The van der Waals surface area contributed by atoms with Crippen molar-refractivity contribution in [1.82, 2.24) is 0 Å². The molecule has 29 heavy (non-hydrogen) atoms. The van der Waals surface area contributed by atoms with Gasteiger partial charge in [-0.3, -0.25) is 10.1 Å². The van der Waals surface area contributed by atoms with E-state index in [1.165, 1.54) is 18.2 Å². The minimum absolute atomic E-state index is 0.143. The highest BCUT2D eigenvalue weighted by Gasteiger charge is 2.31. The number of anilines is 2. The Morgan fingerprint density at radius 2 is 1.62 bits per heavy atom. The van der Waals surface area contributed by atoms with Gasteiger partial charge in [-0.1, -0.05) is 6.07 Å². The first-order valence-electron chi connectivity index (χ1n) is 8.62. The second-order valence-electron chi connectivity index (χ2n) is 6.70.